The van der Waals surface area contributed by atoms with Crippen LogP contribution in [-0.4, -0.2) is 4.98 Å². The van der Waals surface area contributed by atoms with Gasteiger partial charge in [-0.1, -0.05) is 46.9 Å². The summed E-state index contributed by atoms with van der Waals surface area (Å²) < 4.78 is 0. The fourth-order valence-electron chi connectivity index (χ4n) is 1.67. The van der Waals surface area contributed by atoms with Crippen molar-refractivity contribution in [3.8, 4) is 0 Å². The van der Waals surface area contributed by atoms with Crippen molar-refractivity contribution in [2.75, 3.05) is 0 Å². The number of halogens is 3. The lowest BCUT2D eigenvalue weighted by atomic mass is 10.0. The molecule has 4 heteroatoms. The maximum absolute atomic E-state index is 6.17. The van der Waals surface area contributed by atoms with Gasteiger partial charge >= 0.3 is 0 Å². The highest BCUT2D eigenvalue weighted by Crippen LogP contribution is 2.29. The van der Waals surface area contributed by atoms with Gasteiger partial charge in [-0.05, 0) is 34.9 Å². The first-order valence-corrected chi connectivity index (χ1v) is 6.53. The van der Waals surface area contributed by atoms with Gasteiger partial charge in [0.25, 0.3) is 0 Å². The number of aromatic nitrogens is 1. The molecule has 0 radical (unpaired) electrons. The summed E-state index contributed by atoms with van der Waals surface area (Å²) in [5, 5.41) is 1.21. The van der Waals surface area contributed by atoms with Crippen LogP contribution in [-0.2, 0) is 6.42 Å². The quantitative estimate of drug-likeness (QED) is 0.758. The van der Waals surface area contributed by atoms with Crippen LogP contribution in [0.2, 0.25) is 10.0 Å². The number of rotatable bonds is 3. The molecule has 1 heterocycles. The van der Waals surface area contributed by atoms with Crippen molar-refractivity contribution in [3.63, 3.8) is 0 Å². The summed E-state index contributed by atoms with van der Waals surface area (Å²) in [6.07, 6.45) is 4.23. The monoisotopic (exact) mass is 297 g/mol. The highest BCUT2D eigenvalue weighted by Gasteiger charge is 2.08. The Morgan fingerprint density at radius 2 is 2.06 bits per heavy atom. The number of hydrogen-bond acceptors (Lipinski definition) is 1. The lowest BCUT2D eigenvalue weighted by Crippen LogP contribution is -1.92. The molecule has 1 aromatic carbocycles. The van der Waals surface area contributed by atoms with Crippen LogP contribution in [0.5, 0.6) is 0 Å². The van der Waals surface area contributed by atoms with Crippen molar-refractivity contribution in [1.29, 1.82) is 0 Å². The third-order valence-corrected chi connectivity index (χ3v) is 3.34. The van der Waals surface area contributed by atoms with Gasteiger partial charge in [-0.25, -0.2) is 0 Å². The van der Waals surface area contributed by atoms with E-state index in [9.17, 15) is 0 Å². The van der Waals surface area contributed by atoms with Crippen LogP contribution in [0.15, 0.2) is 48.3 Å². The SMILES string of the molecule is Cl/C=C(\Cc1cccnc1)c1ccc(Cl)cc1Cl. The van der Waals surface area contributed by atoms with Crippen molar-refractivity contribution >= 4 is 40.4 Å². The molecule has 0 saturated carbocycles. The topological polar surface area (TPSA) is 12.9 Å². The van der Waals surface area contributed by atoms with Crippen LogP contribution < -0.4 is 0 Å². The Labute approximate surface area is 121 Å². The fraction of sp³-hybridized carbons (Fsp3) is 0.0714. The molecule has 0 fully saturated rings. The molecule has 0 N–H and O–H groups in total. The Kier molecular flexibility index (Phi) is 4.65. The molecule has 2 aromatic rings. The zero-order valence-electron chi connectivity index (χ0n) is 9.41. The van der Waals surface area contributed by atoms with Gasteiger partial charge in [0.15, 0.2) is 0 Å². The van der Waals surface area contributed by atoms with Crippen LogP contribution >= 0.6 is 34.8 Å². The minimum atomic E-state index is 0.596. The molecule has 0 spiro atoms. The van der Waals surface area contributed by atoms with Gasteiger partial charge in [-0.2, -0.15) is 0 Å². The van der Waals surface area contributed by atoms with E-state index in [1.807, 2.05) is 24.4 Å². The van der Waals surface area contributed by atoms with E-state index in [2.05, 4.69) is 4.98 Å². The summed E-state index contributed by atoms with van der Waals surface area (Å²) >= 11 is 17.9. The minimum absolute atomic E-state index is 0.596. The Morgan fingerprint density at radius 3 is 2.67 bits per heavy atom. The molecule has 0 aliphatic rings. The van der Waals surface area contributed by atoms with E-state index < -0.39 is 0 Å². The largest absolute Gasteiger partial charge is 0.264 e. The number of hydrogen-bond donors (Lipinski definition) is 0. The molecule has 2 rings (SSSR count). The Morgan fingerprint density at radius 1 is 1.22 bits per heavy atom. The predicted molar refractivity (Wildman–Crippen MR) is 78.2 cm³/mol. The molecule has 0 saturated heterocycles. The van der Waals surface area contributed by atoms with Crippen molar-refractivity contribution in [3.05, 3.63) is 69.4 Å². The molecule has 0 atom stereocenters. The van der Waals surface area contributed by atoms with Crippen LogP contribution in [0.1, 0.15) is 11.1 Å². The molecule has 1 nitrogen and oxygen atoms in total. The van der Waals surface area contributed by atoms with Gasteiger partial charge in [-0.15, -0.1) is 0 Å². The van der Waals surface area contributed by atoms with E-state index in [0.29, 0.717) is 16.5 Å². The zero-order chi connectivity index (χ0) is 13.0. The van der Waals surface area contributed by atoms with E-state index in [-0.39, 0.29) is 0 Å². The Hall–Kier alpha value is -1.02. The molecule has 1 aromatic heterocycles. The molecule has 0 aliphatic carbocycles. The van der Waals surface area contributed by atoms with Crippen molar-refractivity contribution < 1.29 is 0 Å². The highest BCUT2D eigenvalue weighted by molar-refractivity contribution is 6.36. The molecule has 0 unspecified atom stereocenters. The van der Waals surface area contributed by atoms with Gasteiger partial charge in [0.05, 0.1) is 0 Å². The second-order valence-corrected chi connectivity index (χ2v) is 4.86. The molecular formula is C14H10Cl3N. The first-order valence-electron chi connectivity index (χ1n) is 5.34. The summed E-state index contributed by atoms with van der Waals surface area (Å²) in [6.45, 7) is 0. The summed E-state index contributed by atoms with van der Waals surface area (Å²) in [5.74, 6) is 0. The average molecular weight is 299 g/mol. The third-order valence-electron chi connectivity index (χ3n) is 2.53. The first kappa shape index (κ1) is 13.4. The lowest BCUT2D eigenvalue weighted by Gasteiger charge is -2.09. The van der Waals surface area contributed by atoms with E-state index in [4.69, 9.17) is 34.8 Å². The second kappa shape index (κ2) is 6.24. The smallest absolute Gasteiger partial charge is 0.0496 e. The van der Waals surface area contributed by atoms with Crippen molar-refractivity contribution in [1.82, 2.24) is 4.98 Å². The summed E-state index contributed by atoms with van der Waals surface area (Å²) in [4.78, 5) is 4.08. The standard InChI is InChI=1S/C14H10Cl3N/c15-8-11(6-10-2-1-5-18-9-10)13-4-3-12(16)7-14(13)17/h1-5,7-9H,6H2/b11-8+. The molecule has 0 amide bonds. The van der Waals surface area contributed by atoms with E-state index in [0.717, 1.165) is 16.7 Å². The predicted octanol–water partition coefficient (Wildman–Crippen LogP) is 5.21. The molecule has 0 aliphatic heterocycles. The van der Waals surface area contributed by atoms with Gasteiger partial charge < -0.3 is 0 Å². The first-order chi connectivity index (χ1) is 8.70. The Balaban J connectivity index is 2.30. The van der Waals surface area contributed by atoms with Gasteiger partial charge in [0.2, 0.25) is 0 Å². The normalized spacial score (nSPS) is 11.6. The molecule has 92 valence electrons. The maximum Gasteiger partial charge on any atom is 0.0496 e. The van der Waals surface area contributed by atoms with Crippen LogP contribution in [0, 0.1) is 0 Å². The number of allylic oxidation sites excluding steroid dienone is 1. The van der Waals surface area contributed by atoms with E-state index in [1.165, 1.54) is 0 Å². The molecule has 18 heavy (non-hydrogen) atoms. The van der Waals surface area contributed by atoms with Gasteiger partial charge in [0.1, 0.15) is 0 Å². The molecule has 0 bridgehead atoms. The van der Waals surface area contributed by atoms with Gasteiger partial charge in [-0.3, -0.25) is 4.98 Å². The number of nitrogens with zero attached hydrogens (tertiary/aromatic N) is 1. The summed E-state index contributed by atoms with van der Waals surface area (Å²) in [5.41, 5.74) is 4.45. The van der Waals surface area contributed by atoms with Crippen LogP contribution in [0.4, 0.5) is 0 Å². The molecular weight excluding hydrogens is 289 g/mol. The maximum atomic E-state index is 6.17. The lowest BCUT2D eigenvalue weighted by molar-refractivity contribution is 1.20. The second-order valence-electron chi connectivity index (χ2n) is 3.80. The van der Waals surface area contributed by atoms with Crippen LogP contribution in [0.3, 0.4) is 0 Å². The van der Waals surface area contributed by atoms with E-state index >= 15 is 0 Å². The number of benzene rings is 1. The Bertz CT molecular complexity index is 565. The zero-order valence-corrected chi connectivity index (χ0v) is 11.7. The number of pyridine rings is 1. The summed E-state index contributed by atoms with van der Waals surface area (Å²) in [6, 6.07) is 9.27. The van der Waals surface area contributed by atoms with Crippen LogP contribution in [0.25, 0.3) is 5.57 Å². The fourth-order valence-corrected chi connectivity index (χ4v) is 2.39. The van der Waals surface area contributed by atoms with Gasteiger partial charge in [0, 0.05) is 34.4 Å². The van der Waals surface area contributed by atoms with E-state index in [1.54, 1.807) is 23.9 Å². The average Bonchev–Trinajstić information content (AvgIpc) is 2.38. The third kappa shape index (κ3) is 3.26. The minimum Gasteiger partial charge on any atom is -0.264 e. The van der Waals surface area contributed by atoms with Crippen molar-refractivity contribution in [2.45, 2.75) is 6.42 Å². The van der Waals surface area contributed by atoms with Crippen molar-refractivity contribution in [2.24, 2.45) is 0 Å². The highest BCUT2D eigenvalue weighted by atomic mass is 35.5. The summed E-state index contributed by atoms with van der Waals surface area (Å²) in [7, 11) is 0.